The summed E-state index contributed by atoms with van der Waals surface area (Å²) in [6.07, 6.45) is 2.12. The predicted octanol–water partition coefficient (Wildman–Crippen LogP) is 0.117. The van der Waals surface area contributed by atoms with Crippen molar-refractivity contribution in [2.45, 2.75) is 25.0 Å². The summed E-state index contributed by atoms with van der Waals surface area (Å²) in [5, 5.41) is 0. The predicted molar refractivity (Wildman–Crippen MR) is 22.9 cm³/mol. The maximum atomic E-state index is 10.5. The molecule has 0 aromatic heterocycles. The number of rotatable bonds is 0. The summed E-state index contributed by atoms with van der Waals surface area (Å²) in [6.45, 7) is 0. The van der Waals surface area contributed by atoms with Gasteiger partial charge in [0.25, 0.3) is 0 Å². The van der Waals surface area contributed by atoms with Gasteiger partial charge >= 0.3 is 0 Å². The van der Waals surface area contributed by atoms with E-state index < -0.39 is 0 Å². The molecule has 1 heterocycles. The number of fused-ring (bicyclic) bond motifs is 1. The molecule has 0 aromatic rings. The highest BCUT2D eigenvalue weighted by Crippen LogP contribution is 2.35. The Balaban J connectivity index is 2.21. The van der Waals surface area contributed by atoms with Crippen LogP contribution in [-0.2, 0) is 9.53 Å². The summed E-state index contributed by atoms with van der Waals surface area (Å²) in [4.78, 5) is 10.5. The maximum Gasteiger partial charge on any atom is 0.164 e. The Morgan fingerprint density at radius 1 is 1.71 bits per heavy atom. The molecular weight excluding hydrogens is 92.1 g/mol. The van der Waals surface area contributed by atoms with Crippen molar-refractivity contribution in [1.29, 1.82) is 0 Å². The van der Waals surface area contributed by atoms with E-state index in [0.717, 1.165) is 12.8 Å². The number of Topliss-reactive ketones (excluding diaryl/α,β-unsaturated/α-hetero) is 1. The van der Waals surface area contributed by atoms with Crippen LogP contribution >= 0.6 is 0 Å². The minimum Gasteiger partial charge on any atom is -0.361 e. The third-order valence-electron chi connectivity index (χ3n) is 1.58. The van der Waals surface area contributed by atoms with Crippen LogP contribution in [0.25, 0.3) is 0 Å². The molecule has 1 saturated carbocycles. The van der Waals surface area contributed by atoms with Gasteiger partial charge in [0.05, 0.1) is 6.10 Å². The third kappa shape index (κ3) is 0.347. The second kappa shape index (κ2) is 0.892. The van der Waals surface area contributed by atoms with Crippen molar-refractivity contribution in [3.63, 3.8) is 0 Å². The first kappa shape index (κ1) is 3.61. The lowest BCUT2D eigenvalue weighted by atomic mass is 10.3. The monoisotopic (exact) mass is 98.0 g/mol. The lowest BCUT2D eigenvalue weighted by Crippen LogP contribution is -1.98. The van der Waals surface area contributed by atoms with Crippen molar-refractivity contribution in [1.82, 2.24) is 0 Å². The molecule has 0 spiro atoms. The van der Waals surface area contributed by atoms with Crippen molar-refractivity contribution in [2.75, 3.05) is 0 Å². The standard InChI is InChI=1S/C5H6O2/c6-3-1-2-4-5(3)7-4/h4-5H,1-2H2/t4-,5+/m0/s1. The van der Waals surface area contributed by atoms with Gasteiger partial charge in [-0.3, -0.25) is 4.79 Å². The van der Waals surface area contributed by atoms with Crippen LogP contribution < -0.4 is 0 Å². The second-order valence-corrected chi connectivity index (χ2v) is 2.10. The zero-order valence-electron chi connectivity index (χ0n) is 3.89. The van der Waals surface area contributed by atoms with Gasteiger partial charge in [0.2, 0.25) is 0 Å². The van der Waals surface area contributed by atoms with Crippen LogP contribution in [0.2, 0.25) is 0 Å². The Morgan fingerprint density at radius 3 is 2.71 bits per heavy atom. The van der Waals surface area contributed by atoms with Crippen molar-refractivity contribution < 1.29 is 9.53 Å². The minimum atomic E-state index is 0.0417. The molecule has 2 heteroatoms. The highest BCUT2D eigenvalue weighted by atomic mass is 16.6. The topological polar surface area (TPSA) is 29.6 Å². The summed E-state index contributed by atoms with van der Waals surface area (Å²) in [5.74, 6) is 0.310. The van der Waals surface area contributed by atoms with E-state index in [9.17, 15) is 4.79 Å². The number of carbonyl (C=O) groups excluding carboxylic acids is 1. The van der Waals surface area contributed by atoms with Crippen molar-refractivity contribution >= 4 is 5.78 Å². The van der Waals surface area contributed by atoms with E-state index >= 15 is 0 Å². The average Bonchev–Trinajstić information content (AvgIpc) is 2.33. The first-order chi connectivity index (χ1) is 3.38. The number of carbonyl (C=O) groups is 1. The number of hydrogen-bond donors (Lipinski definition) is 0. The fourth-order valence-corrected chi connectivity index (χ4v) is 1.07. The number of hydrogen-bond acceptors (Lipinski definition) is 2. The Bertz CT molecular complexity index is 119. The fraction of sp³-hybridized carbons (Fsp3) is 0.800. The molecule has 0 amide bonds. The molecule has 1 aliphatic heterocycles. The van der Waals surface area contributed by atoms with Gasteiger partial charge in [-0.1, -0.05) is 0 Å². The van der Waals surface area contributed by atoms with Crippen LogP contribution in [0.5, 0.6) is 0 Å². The largest absolute Gasteiger partial charge is 0.361 e. The number of epoxide rings is 1. The number of ether oxygens (including phenoxy) is 1. The molecule has 2 nitrogen and oxygen atoms in total. The van der Waals surface area contributed by atoms with Gasteiger partial charge < -0.3 is 4.74 Å². The summed E-state index contributed by atoms with van der Waals surface area (Å²) >= 11 is 0. The Morgan fingerprint density at radius 2 is 2.57 bits per heavy atom. The number of ketones is 1. The molecule has 0 radical (unpaired) electrons. The molecule has 2 rings (SSSR count). The Hall–Kier alpha value is -0.370. The summed E-state index contributed by atoms with van der Waals surface area (Å²) < 4.78 is 4.92. The molecule has 2 fully saturated rings. The van der Waals surface area contributed by atoms with E-state index in [4.69, 9.17) is 4.74 Å². The molecule has 0 aromatic carbocycles. The average molecular weight is 98.1 g/mol. The van der Waals surface area contributed by atoms with Crippen molar-refractivity contribution in [2.24, 2.45) is 0 Å². The van der Waals surface area contributed by atoms with E-state index in [2.05, 4.69) is 0 Å². The Kier molecular flexibility index (Phi) is 0.460. The highest BCUT2D eigenvalue weighted by Gasteiger charge is 2.49. The zero-order valence-corrected chi connectivity index (χ0v) is 3.89. The SMILES string of the molecule is O=C1CC[C@@H]2O[C@H]12. The maximum absolute atomic E-state index is 10.5. The fourth-order valence-electron chi connectivity index (χ4n) is 1.07. The van der Waals surface area contributed by atoms with E-state index in [1.54, 1.807) is 0 Å². The van der Waals surface area contributed by atoms with Crippen LogP contribution in [0, 0.1) is 0 Å². The van der Waals surface area contributed by atoms with Gasteiger partial charge in [-0.05, 0) is 6.42 Å². The van der Waals surface area contributed by atoms with Crippen LogP contribution in [0.15, 0.2) is 0 Å². The van der Waals surface area contributed by atoms with E-state index in [-0.39, 0.29) is 6.10 Å². The first-order valence-electron chi connectivity index (χ1n) is 2.56. The summed E-state index contributed by atoms with van der Waals surface area (Å²) in [5.41, 5.74) is 0. The lowest BCUT2D eigenvalue weighted by Gasteiger charge is -1.82. The summed E-state index contributed by atoms with van der Waals surface area (Å²) in [6, 6.07) is 0. The Labute approximate surface area is 41.5 Å². The van der Waals surface area contributed by atoms with Crippen LogP contribution in [-0.4, -0.2) is 18.0 Å². The van der Waals surface area contributed by atoms with Crippen molar-refractivity contribution in [3.8, 4) is 0 Å². The zero-order chi connectivity index (χ0) is 4.85. The second-order valence-electron chi connectivity index (χ2n) is 2.10. The van der Waals surface area contributed by atoms with Gasteiger partial charge in [0, 0.05) is 6.42 Å². The van der Waals surface area contributed by atoms with Gasteiger partial charge in [-0.15, -0.1) is 0 Å². The van der Waals surface area contributed by atoms with E-state index in [1.807, 2.05) is 0 Å². The van der Waals surface area contributed by atoms with Gasteiger partial charge in [-0.25, -0.2) is 0 Å². The van der Waals surface area contributed by atoms with E-state index in [1.165, 1.54) is 0 Å². The molecule has 1 saturated heterocycles. The van der Waals surface area contributed by atoms with Crippen LogP contribution in [0.1, 0.15) is 12.8 Å². The van der Waals surface area contributed by atoms with Gasteiger partial charge in [-0.2, -0.15) is 0 Å². The third-order valence-corrected chi connectivity index (χ3v) is 1.58. The molecule has 2 atom stereocenters. The lowest BCUT2D eigenvalue weighted by molar-refractivity contribution is -0.119. The highest BCUT2D eigenvalue weighted by molar-refractivity contribution is 5.88. The van der Waals surface area contributed by atoms with Crippen molar-refractivity contribution in [3.05, 3.63) is 0 Å². The molecule has 0 unspecified atom stereocenters. The summed E-state index contributed by atoms with van der Waals surface area (Å²) in [7, 11) is 0. The molecule has 0 N–H and O–H groups in total. The molecule has 7 heavy (non-hydrogen) atoms. The van der Waals surface area contributed by atoms with Gasteiger partial charge in [0.1, 0.15) is 6.10 Å². The molecular formula is C5H6O2. The van der Waals surface area contributed by atoms with Gasteiger partial charge in [0.15, 0.2) is 5.78 Å². The smallest absolute Gasteiger partial charge is 0.164 e. The van der Waals surface area contributed by atoms with Crippen LogP contribution in [0.4, 0.5) is 0 Å². The van der Waals surface area contributed by atoms with E-state index in [0.29, 0.717) is 11.9 Å². The first-order valence-corrected chi connectivity index (χ1v) is 2.56. The van der Waals surface area contributed by atoms with Crippen LogP contribution in [0.3, 0.4) is 0 Å². The molecule has 38 valence electrons. The molecule has 2 aliphatic rings. The quantitative estimate of drug-likeness (QED) is 0.403. The normalized spacial score (nSPS) is 46.6. The molecule has 1 aliphatic carbocycles. The molecule has 0 bridgehead atoms. The minimum absolute atomic E-state index is 0.0417.